The summed E-state index contributed by atoms with van der Waals surface area (Å²) in [5, 5.41) is 34.3. The first-order valence-electron chi connectivity index (χ1n) is 19.0. The Hall–Kier alpha value is -2.80. The van der Waals surface area contributed by atoms with Crippen molar-refractivity contribution >= 4 is 24.2 Å². The maximum absolute atomic E-state index is 13.2. The van der Waals surface area contributed by atoms with Gasteiger partial charge in [0, 0.05) is 40.2 Å². The number of methoxy groups -OCH3 is 1. The Bertz CT molecular complexity index is 1320. The number of carbonyl (C=O) groups excluding carboxylic acids is 4. The molecule has 3 aliphatic rings. The zero-order chi connectivity index (χ0) is 41.2. The third-order valence-corrected chi connectivity index (χ3v) is 10.4. The Kier molecular flexibility index (Phi) is 17.9. The summed E-state index contributed by atoms with van der Waals surface area (Å²) in [6.07, 6.45) is -4.26. The number of ether oxygens (including phenoxy) is 8. The average Bonchev–Trinajstić information content (AvgIpc) is 3.06. The summed E-state index contributed by atoms with van der Waals surface area (Å²) >= 11 is 0. The molecular weight excluding hydrogens is 722 g/mol. The summed E-state index contributed by atoms with van der Waals surface area (Å²) < 4.78 is 48.0. The second kappa shape index (κ2) is 21.1. The summed E-state index contributed by atoms with van der Waals surface area (Å²) in [6.45, 7) is 10.9. The zero-order valence-corrected chi connectivity index (χ0v) is 33.8. The van der Waals surface area contributed by atoms with Crippen LogP contribution in [-0.4, -0.2) is 151 Å². The molecule has 0 aromatic heterocycles. The van der Waals surface area contributed by atoms with Crippen LogP contribution in [0.15, 0.2) is 24.3 Å². The highest BCUT2D eigenvalue weighted by Gasteiger charge is 2.52. The van der Waals surface area contributed by atoms with Crippen molar-refractivity contribution in [3.05, 3.63) is 24.3 Å². The van der Waals surface area contributed by atoms with Crippen LogP contribution in [0.4, 0.5) is 0 Å². The molecule has 314 valence electrons. The summed E-state index contributed by atoms with van der Waals surface area (Å²) in [7, 11) is 4.84. The number of allylic oxidation sites excluding steroid dienone is 2. The lowest BCUT2D eigenvalue weighted by atomic mass is 9.82. The van der Waals surface area contributed by atoms with E-state index in [-0.39, 0.29) is 19.3 Å². The van der Waals surface area contributed by atoms with Gasteiger partial charge in [-0.15, -0.1) is 0 Å². The van der Waals surface area contributed by atoms with Crippen molar-refractivity contribution in [2.45, 2.75) is 166 Å². The Morgan fingerprint density at radius 2 is 1.65 bits per heavy atom. The number of aliphatic hydroxyl groups is 3. The van der Waals surface area contributed by atoms with Gasteiger partial charge >= 0.3 is 17.9 Å². The molecular formula is C39H63NO15. The molecule has 16 atom stereocenters. The third-order valence-electron chi connectivity index (χ3n) is 10.4. The second-order valence-electron chi connectivity index (χ2n) is 15.5. The van der Waals surface area contributed by atoms with E-state index in [4.69, 9.17) is 37.9 Å². The molecule has 0 radical (unpaired) electrons. The number of cyclic esters (lactones) is 1. The molecule has 0 spiro atoms. The van der Waals surface area contributed by atoms with Gasteiger partial charge < -0.3 is 62.9 Å². The normalized spacial score (nSPS) is 42.1. The van der Waals surface area contributed by atoms with E-state index in [1.54, 1.807) is 64.1 Å². The molecule has 0 saturated carbocycles. The van der Waals surface area contributed by atoms with Gasteiger partial charge in [-0.25, -0.2) is 0 Å². The average molecular weight is 786 g/mol. The van der Waals surface area contributed by atoms with Crippen molar-refractivity contribution in [3.63, 3.8) is 0 Å². The minimum absolute atomic E-state index is 0.0477. The molecule has 3 N–H and O–H groups in total. The van der Waals surface area contributed by atoms with Gasteiger partial charge in [-0.05, 0) is 60.0 Å². The van der Waals surface area contributed by atoms with Crippen LogP contribution in [0.3, 0.4) is 0 Å². The number of hydrogen-bond donors (Lipinski definition) is 3. The van der Waals surface area contributed by atoms with Gasteiger partial charge in [0.2, 0.25) is 0 Å². The minimum Gasteiger partial charge on any atom is -0.462 e. The first-order valence-corrected chi connectivity index (χ1v) is 19.0. The molecule has 16 heteroatoms. The molecule has 3 heterocycles. The van der Waals surface area contributed by atoms with Gasteiger partial charge in [0.15, 0.2) is 18.7 Å². The Morgan fingerprint density at radius 1 is 0.982 bits per heavy atom. The fourth-order valence-electron chi connectivity index (χ4n) is 7.73. The molecule has 2 fully saturated rings. The largest absolute Gasteiger partial charge is 0.462 e. The Labute approximate surface area is 324 Å². The van der Waals surface area contributed by atoms with Crippen molar-refractivity contribution in [3.8, 4) is 0 Å². The number of carbonyl (C=O) groups is 4. The van der Waals surface area contributed by atoms with Crippen molar-refractivity contribution in [2.24, 2.45) is 11.8 Å². The molecule has 55 heavy (non-hydrogen) atoms. The van der Waals surface area contributed by atoms with Crippen LogP contribution >= 0.6 is 0 Å². The van der Waals surface area contributed by atoms with E-state index in [0.717, 1.165) is 0 Å². The van der Waals surface area contributed by atoms with Gasteiger partial charge in [0.25, 0.3) is 0 Å². The van der Waals surface area contributed by atoms with E-state index >= 15 is 0 Å². The molecule has 0 aromatic carbocycles. The number of esters is 3. The highest BCUT2D eigenvalue weighted by atomic mass is 16.7. The zero-order valence-electron chi connectivity index (χ0n) is 33.8. The van der Waals surface area contributed by atoms with Gasteiger partial charge in [0.1, 0.15) is 42.4 Å². The standard InChI is InChI=1S/C39H63NO15/c1-21-18-27(16-17-41)35(36(48-10)29(52-25(5)42)19-30(45)49-22(2)14-12-11-13-15-28(21)44)55-38-33(46)32(40(8)9)34(23(3)51-38)54-31-20-39(7,47)37(24(4)50-31)53-26(6)43/h11-13,15,17,21-24,27-29,31-38,44,46-47H,14,16,18-20H2,1-10H3/b12-11+,15-13+/t21-,22-,23-,24+,27+,28+,29-,31+,32-,33-,34-,35+,36?,37+,38+,39-/m1/s1. The number of aldehydes is 1. The summed E-state index contributed by atoms with van der Waals surface area (Å²) in [6, 6.07) is -0.778. The fourth-order valence-corrected chi connectivity index (χ4v) is 7.73. The first kappa shape index (κ1) is 46.6. The van der Waals surface area contributed by atoms with Gasteiger partial charge in [0.05, 0.1) is 36.9 Å². The lowest BCUT2D eigenvalue weighted by Gasteiger charge is -2.50. The maximum Gasteiger partial charge on any atom is 0.309 e. The van der Waals surface area contributed by atoms with Crippen molar-refractivity contribution in [1.82, 2.24) is 4.90 Å². The minimum atomic E-state index is -1.49. The van der Waals surface area contributed by atoms with Crippen LogP contribution in [0, 0.1) is 11.8 Å². The SMILES string of the molecule is COC1[C@@H](O[C@@H]2O[C@H](C)[C@@H](O[C@H]3C[C@@](C)(O)[C@@H](OC(C)=O)[C@H](C)O3)[C@H](N(C)C)[C@H]2O)[C@@H](CC=O)C[C@@H](C)[C@@H](O)/C=C/C=C/C[C@@H](C)OC(=O)C[C@H]1OC(C)=O. The molecule has 0 aromatic rings. The van der Waals surface area contributed by atoms with Crippen molar-refractivity contribution in [2.75, 3.05) is 21.2 Å². The van der Waals surface area contributed by atoms with Crippen LogP contribution in [0.25, 0.3) is 0 Å². The second-order valence-corrected chi connectivity index (χ2v) is 15.5. The topological polar surface area (TPSA) is 206 Å². The summed E-state index contributed by atoms with van der Waals surface area (Å²) in [4.78, 5) is 51.3. The van der Waals surface area contributed by atoms with Crippen LogP contribution in [0.5, 0.6) is 0 Å². The molecule has 2 saturated heterocycles. The number of hydrogen-bond acceptors (Lipinski definition) is 16. The molecule has 0 amide bonds. The van der Waals surface area contributed by atoms with E-state index < -0.39 is 121 Å². The van der Waals surface area contributed by atoms with Gasteiger partial charge in [-0.2, -0.15) is 0 Å². The molecule has 0 aliphatic carbocycles. The number of nitrogens with zero attached hydrogens (tertiary/aromatic N) is 1. The lowest BCUT2D eigenvalue weighted by molar-refractivity contribution is -0.344. The summed E-state index contributed by atoms with van der Waals surface area (Å²) in [5.41, 5.74) is -1.49. The monoisotopic (exact) mass is 785 g/mol. The van der Waals surface area contributed by atoms with Gasteiger partial charge in [-0.3, -0.25) is 14.4 Å². The van der Waals surface area contributed by atoms with E-state index in [9.17, 15) is 34.5 Å². The Balaban J connectivity index is 2.01. The maximum atomic E-state index is 13.2. The quantitative estimate of drug-likeness (QED) is 0.165. The Morgan fingerprint density at radius 3 is 2.24 bits per heavy atom. The van der Waals surface area contributed by atoms with Crippen LogP contribution < -0.4 is 0 Å². The van der Waals surface area contributed by atoms with Crippen LogP contribution in [0.2, 0.25) is 0 Å². The predicted octanol–water partition coefficient (Wildman–Crippen LogP) is 1.99. The number of likely N-dealkylation sites (N-methyl/N-ethyl adjacent to an activating group) is 1. The van der Waals surface area contributed by atoms with Crippen molar-refractivity contribution < 1.29 is 72.4 Å². The van der Waals surface area contributed by atoms with Gasteiger partial charge in [-0.1, -0.05) is 31.2 Å². The molecule has 3 aliphatic heterocycles. The first-order chi connectivity index (χ1) is 25.8. The smallest absolute Gasteiger partial charge is 0.309 e. The predicted molar refractivity (Wildman–Crippen MR) is 196 cm³/mol. The molecule has 3 rings (SSSR count). The van der Waals surface area contributed by atoms with E-state index in [1.807, 2.05) is 6.92 Å². The lowest BCUT2D eigenvalue weighted by Crippen LogP contribution is -2.66. The highest BCUT2D eigenvalue weighted by molar-refractivity contribution is 5.72. The van der Waals surface area contributed by atoms with E-state index in [1.165, 1.54) is 27.9 Å². The van der Waals surface area contributed by atoms with E-state index in [0.29, 0.717) is 12.7 Å². The van der Waals surface area contributed by atoms with Crippen molar-refractivity contribution in [1.29, 1.82) is 0 Å². The number of aliphatic hydroxyl groups excluding tert-OH is 2. The van der Waals surface area contributed by atoms with E-state index in [2.05, 4.69) is 0 Å². The fraction of sp³-hybridized carbons (Fsp3) is 0.795. The number of rotatable bonds is 10. The summed E-state index contributed by atoms with van der Waals surface area (Å²) in [5.74, 6) is -3.01. The third kappa shape index (κ3) is 13.1. The molecule has 0 bridgehead atoms. The molecule has 16 nitrogen and oxygen atoms in total. The molecule has 1 unspecified atom stereocenters. The highest BCUT2D eigenvalue weighted by Crippen LogP contribution is 2.37. The van der Waals surface area contributed by atoms with Crippen LogP contribution in [-0.2, 0) is 57.1 Å². The van der Waals surface area contributed by atoms with Crippen LogP contribution in [0.1, 0.15) is 80.6 Å².